The summed E-state index contributed by atoms with van der Waals surface area (Å²) >= 11 is 0. The summed E-state index contributed by atoms with van der Waals surface area (Å²) in [4.78, 5) is 26.5. The van der Waals surface area contributed by atoms with E-state index in [0.29, 0.717) is 29.5 Å². The number of urea groups is 1. The van der Waals surface area contributed by atoms with Gasteiger partial charge in [0.25, 0.3) is 0 Å². The van der Waals surface area contributed by atoms with Crippen LogP contribution in [0, 0.1) is 5.92 Å². The van der Waals surface area contributed by atoms with Gasteiger partial charge in [0.2, 0.25) is 0 Å². The molecule has 0 unspecified atom stereocenters. The van der Waals surface area contributed by atoms with Crippen molar-refractivity contribution in [1.82, 2.24) is 10.2 Å². The number of hydrogen-bond acceptors (Lipinski definition) is 4. The molecule has 0 spiro atoms. The summed E-state index contributed by atoms with van der Waals surface area (Å²) in [6.45, 7) is 0.819. The van der Waals surface area contributed by atoms with E-state index in [1.807, 2.05) is 24.3 Å². The Morgan fingerprint density at radius 1 is 1.30 bits per heavy atom. The molecular weight excluding hydrogens is 296 g/mol. The molecule has 120 valence electrons. The number of methoxy groups -OCH3 is 1. The number of amides is 2. The third-order valence-corrected chi connectivity index (χ3v) is 4.59. The summed E-state index contributed by atoms with van der Waals surface area (Å²) in [5.74, 6) is 0.810. The molecule has 1 saturated carbocycles. The van der Waals surface area contributed by atoms with Crippen LogP contribution in [0.1, 0.15) is 24.4 Å². The van der Waals surface area contributed by atoms with Gasteiger partial charge in [-0.3, -0.25) is 4.90 Å². The molecule has 1 aromatic rings. The maximum Gasteiger partial charge on any atom is 0.338 e. The number of benzene rings is 1. The third-order valence-electron chi connectivity index (χ3n) is 4.59. The highest BCUT2D eigenvalue weighted by molar-refractivity contribution is 5.97. The summed E-state index contributed by atoms with van der Waals surface area (Å²) in [6, 6.07) is 6.69. The van der Waals surface area contributed by atoms with Gasteiger partial charge in [0.15, 0.2) is 0 Å². The van der Waals surface area contributed by atoms with Gasteiger partial charge in [0, 0.05) is 12.1 Å². The number of nitrogens with one attached hydrogen (secondary N) is 1. The minimum absolute atomic E-state index is 0.167. The van der Waals surface area contributed by atoms with E-state index in [2.05, 4.69) is 5.32 Å². The quantitative estimate of drug-likeness (QED) is 0.863. The Balaban J connectivity index is 1.77. The monoisotopic (exact) mass is 314 g/mol. The minimum Gasteiger partial charge on any atom is -0.496 e. The first-order chi connectivity index (χ1) is 11.2. The van der Waals surface area contributed by atoms with Crippen LogP contribution in [0.4, 0.5) is 4.79 Å². The SMILES string of the molecule is COc1ccccc1[C@H]1NC(=O)N(CC2CC2)C2=C1C(=O)OC2. The number of carbonyl (C=O) groups is 2. The summed E-state index contributed by atoms with van der Waals surface area (Å²) in [5, 5.41) is 2.94. The Hall–Kier alpha value is -2.50. The second-order valence-corrected chi connectivity index (χ2v) is 6.11. The summed E-state index contributed by atoms with van der Waals surface area (Å²) < 4.78 is 10.6. The molecule has 4 rings (SSSR count). The Bertz CT molecular complexity index is 708. The number of ether oxygens (including phenoxy) is 2. The number of rotatable bonds is 4. The predicted molar refractivity (Wildman–Crippen MR) is 81.7 cm³/mol. The first-order valence-corrected chi connectivity index (χ1v) is 7.80. The van der Waals surface area contributed by atoms with Crippen molar-refractivity contribution in [1.29, 1.82) is 0 Å². The second-order valence-electron chi connectivity index (χ2n) is 6.11. The van der Waals surface area contributed by atoms with E-state index in [9.17, 15) is 9.59 Å². The number of nitrogens with zero attached hydrogens (tertiary/aromatic N) is 1. The molecule has 23 heavy (non-hydrogen) atoms. The second kappa shape index (κ2) is 5.30. The van der Waals surface area contributed by atoms with Crippen LogP contribution in [0.15, 0.2) is 35.5 Å². The molecule has 3 aliphatic rings. The summed E-state index contributed by atoms with van der Waals surface area (Å²) in [6.07, 6.45) is 2.27. The first-order valence-electron chi connectivity index (χ1n) is 7.80. The summed E-state index contributed by atoms with van der Waals surface area (Å²) in [7, 11) is 1.57. The van der Waals surface area contributed by atoms with Gasteiger partial charge in [-0.1, -0.05) is 18.2 Å². The maximum atomic E-state index is 12.6. The molecule has 1 aliphatic carbocycles. The normalized spacial score (nSPS) is 23.5. The average molecular weight is 314 g/mol. The van der Waals surface area contributed by atoms with E-state index in [1.165, 1.54) is 0 Å². The topological polar surface area (TPSA) is 67.9 Å². The van der Waals surface area contributed by atoms with Crippen molar-refractivity contribution in [2.45, 2.75) is 18.9 Å². The molecular formula is C17H18N2O4. The van der Waals surface area contributed by atoms with Gasteiger partial charge < -0.3 is 14.8 Å². The zero-order chi connectivity index (χ0) is 16.0. The zero-order valence-electron chi connectivity index (χ0n) is 12.9. The fourth-order valence-electron chi connectivity index (χ4n) is 3.20. The number of para-hydroxylation sites is 1. The first kappa shape index (κ1) is 14.1. The Labute approximate surface area is 134 Å². The Morgan fingerprint density at radius 2 is 2.09 bits per heavy atom. The molecule has 0 aromatic heterocycles. The van der Waals surface area contributed by atoms with Crippen LogP contribution in [-0.2, 0) is 9.53 Å². The molecule has 1 atom stereocenters. The fraction of sp³-hybridized carbons (Fsp3) is 0.412. The predicted octanol–water partition coefficient (Wildman–Crippen LogP) is 1.98. The molecule has 0 saturated heterocycles. The largest absolute Gasteiger partial charge is 0.496 e. The minimum atomic E-state index is -0.529. The highest BCUT2D eigenvalue weighted by atomic mass is 16.5. The van der Waals surface area contributed by atoms with Crippen LogP contribution in [-0.4, -0.2) is 37.2 Å². The lowest BCUT2D eigenvalue weighted by atomic mass is 9.95. The van der Waals surface area contributed by atoms with Crippen LogP contribution in [0.2, 0.25) is 0 Å². The van der Waals surface area contributed by atoms with E-state index >= 15 is 0 Å². The molecule has 0 radical (unpaired) electrons. The van der Waals surface area contributed by atoms with E-state index in [-0.39, 0.29) is 18.6 Å². The third kappa shape index (κ3) is 2.34. The molecule has 2 amide bonds. The number of esters is 1. The molecule has 1 N–H and O–H groups in total. The van der Waals surface area contributed by atoms with Crippen molar-refractivity contribution in [2.24, 2.45) is 5.92 Å². The highest BCUT2D eigenvalue weighted by Gasteiger charge is 2.44. The number of carbonyl (C=O) groups excluding carboxylic acids is 2. The van der Waals surface area contributed by atoms with E-state index in [4.69, 9.17) is 9.47 Å². The van der Waals surface area contributed by atoms with Crippen molar-refractivity contribution in [3.8, 4) is 5.75 Å². The van der Waals surface area contributed by atoms with Crippen LogP contribution >= 0.6 is 0 Å². The molecule has 2 heterocycles. The van der Waals surface area contributed by atoms with Gasteiger partial charge in [-0.25, -0.2) is 9.59 Å². The van der Waals surface area contributed by atoms with Crippen molar-refractivity contribution in [3.05, 3.63) is 41.1 Å². The molecule has 2 aliphatic heterocycles. The van der Waals surface area contributed by atoms with Crippen LogP contribution < -0.4 is 10.1 Å². The number of hydrogen-bond donors (Lipinski definition) is 1. The van der Waals surface area contributed by atoms with Gasteiger partial charge in [0.1, 0.15) is 12.4 Å². The standard InChI is InChI=1S/C17H18N2O4/c1-22-13-5-3-2-4-11(13)15-14-12(9-23-16(14)20)19(17(21)18-15)8-10-6-7-10/h2-5,10,15H,6-9H2,1H3,(H,18,21)/t15-/m1/s1. The van der Waals surface area contributed by atoms with E-state index in [1.54, 1.807) is 12.0 Å². The lowest BCUT2D eigenvalue weighted by Gasteiger charge is -2.33. The van der Waals surface area contributed by atoms with Gasteiger partial charge in [-0.2, -0.15) is 0 Å². The Morgan fingerprint density at radius 3 is 2.83 bits per heavy atom. The van der Waals surface area contributed by atoms with Crippen molar-refractivity contribution >= 4 is 12.0 Å². The average Bonchev–Trinajstić information content (AvgIpc) is 3.31. The Kier molecular flexibility index (Phi) is 3.25. The van der Waals surface area contributed by atoms with Gasteiger partial charge >= 0.3 is 12.0 Å². The van der Waals surface area contributed by atoms with Crippen LogP contribution in [0.3, 0.4) is 0 Å². The zero-order valence-corrected chi connectivity index (χ0v) is 12.9. The van der Waals surface area contributed by atoms with Gasteiger partial charge in [-0.05, 0) is 24.8 Å². The molecule has 1 fully saturated rings. The van der Waals surface area contributed by atoms with Crippen LogP contribution in [0.5, 0.6) is 5.75 Å². The van der Waals surface area contributed by atoms with Crippen molar-refractivity contribution in [2.75, 3.05) is 20.3 Å². The fourth-order valence-corrected chi connectivity index (χ4v) is 3.20. The van der Waals surface area contributed by atoms with Gasteiger partial charge in [-0.15, -0.1) is 0 Å². The lowest BCUT2D eigenvalue weighted by Crippen LogP contribution is -2.48. The highest BCUT2D eigenvalue weighted by Crippen LogP contribution is 2.40. The molecule has 6 heteroatoms. The molecule has 1 aromatic carbocycles. The smallest absolute Gasteiger partial charge is 0.338 e. The van der Waals surface area contributed by atoms with Crippen molar-refractivity contribution in [3.63, 3.8) is 0 Å². The number of cyclic esters (lactones) is 1. The maximum absolute atomic E-state index is 12.6. The van der Waals surface area contributed by atoms with Crippen LogP contribution in [0.25, 0.3) is 0 Å². The molecule has 6 nitrogen and oxygen atoms in total. The van der Waals surface area contributed by atoms with E-state index < -0.39 is 6.04 Å². The summed E-state index contributed by atoms with van der Waals surface area (Å²) in [5.41, 5.74) is 1.98. The van der Waals surface area contributed by atoms with E-state index in [0.717, 1.165) is 18.4 Å². The van der Waals surface area contributed by atoms with Crippen molar-refractivity contribution < 1.29 is 19.1 Å². The molecule has 0 bridgehead atoms. The van der Waals surface area contributed by atoms with Gasteiger partial charge in [0.05, 0.1) is 24.4 Å². The lowest BCUT2D eigenvalue weighted by molar-refractivity contribution is -0.136.